The molecule has 2 amide bonds. The highest BCUT2D eigenvalue weighted by atomic mass is 16.4. The van der Waals surface area contributed by atoms with Crippen LogP contribution in [0.4, 0.5) is 0 Å². The molecule has 0 saturated heterocycles. The molecule has 0 aromatic rings. The lowest BCUT2D eigenvalue weighted by atomic mass is 9.74. The van der Waals surface area contributed by atoms with E-state index in [0.29, 0.717) is 49.5 Å². The Bertz CT molecular complexity index is 706. The van der Waals surface area contributed by atoms with Gasteiger partial charge in [0.15, 0.2) is 0 Å². The quantitative estimate of drug-likeness (QED) is 0.473. The minimum atomic E-state index is -0.932. The maximum atomic E-state index is 13.2. The number of amides is 2. The van der Waals surface area contributed by atoms with Gasteiger partial charge in [-0.2, -0.15) is 0 Å². The van der Waals surface area contributed by atoms with Crippen LogP contribution in [0.15, 0.2) is 0 Å². The standard InChI is InChI=1S/C27H48N2O4/c1-25(2,3)16-18-9-8-10-19(15-18)17-28-22(30)20-11-13-27(7,14-12-21(20)23(31)32)24(33)29-26(4,5)6/h18-21H,8-17H2,1-7H3,(H,28,30)(H,29,33)(H,31,32). The first-order valence-electron chi connectivity index (χ1n) is 12.9. The highest BCUT2D eigenvalue weighted by Gasteiger charge is 2.44. The van der Waals surface area contributed by atoms with Crippen molar-refractivity contribution in [1.29, 1.82) is 0 Å². The lowest BCUT2D eigenvalue weighted by Crippen LogP contribution is -2.48. The topological polar surface area (TPSA) is 95.5 Å². The lowest BCUT2D eigenvalue weighted by Gasteiger charge is -2.33. The molecular formula is C27H48N2O4. The molecule has 5 unspecified atom stereocenters. The number of hydrogen-bond acceptors (Lipinski definition) is 3. The zero-order valence-electron chi connectivity index (χ0n) is 22.1. The van der Waals surface area contributed by atoms with E-state index < -0.39 is 23.2 Å². The first-order chi connectivity index (χ1) is 15.1. The summed E-state index contributed by atoms with van der Waals surface area (Å²) in [4.78, 5) is 38.1. The Morgan fingerprint density at radius 3 is 2.03 bits per heavy atom. The Kier molecular flexibility index (Phi) is 9.03. The Morgan fingerprint density at radius 1 is 0.909 bits per heavy atom. The Balaban J connectivity index is 2.00. The molecule has 0 heterocycles. The number of hydrogen-bond donors (Lipinski definition) is 3. The van der Waals surface area contributed by atoms with Crippen molar-refractivity contribution in [2.45, 2.75) is 112 Å². The molecule has 6 nitrogen and oxygen atoms in total. The molecule has 2 saturated carbocycles. The smallest absolute Gasteiger partial charge is 0.307 e. The zero-order chi connectivity index (χ0) is 25.0. The van der Waals surface area contributed by atoms with Crippen molar-refractivity contribution in [3.63, 3.8) is 0 Å². The number of aliphatic carboxylic acids is 1. The van der Waals surface area contributed by atoms with Gasteiger partial charge in [-0.1, -0.05) is 40.5 Å². The van der Waals surface area contributed by atoms with Gasteiger partial charge in [0.2, 0.25) is 11.8 Å². The van der Waals surface area contributed by atoms with E-state index in [4.69, 9.17) is 0 Å². The van der Waals surface area contributed by atoms with Gasteiger partial charge in [-0.25, -0.2) is 0 Å². The summed E-state index contributed by atoms with van der Waals surface area (Å²) < 4.78 is 0. The van der Waals surface area contributed by atoms with Gasteiger partial charge in [0, 0.05) is 17.5 Å². The van der Waals surface area contributed by atoms with E-state index >= 15 is 0 Å². The summed E-state index contributed by atoms with van der Waals surface area (Å²) >= 11 is 0. The summed E-state index contributed by atoms with van der Waals surface area (Å²) in [5, 5.41) is 16.0. The van der Waals surface area contributed by atoms with Gasteiger partial charge < -0.3 is 15.7 Å². The van der Waals surface area contributed by atoms with Crippen molar-refractivity contribution in [2.75, 3.05) is 6.54 Å². The van der Waals surface area contributed by atoms with Gasteiger partial charge in [-0.3, -0.25) is 14.4 Å². The average molecular weight is 465 g/mol. The van der Waals surface area contributed by atoms with E-state index in [9.17, 15) is 19.5 Å². The maximum Gasteiger partial charge on any atom is 0.307 e. The van der Waals surface area contributed by atoms with E-state index in [2.05, 4.69) is 31.4 Å². The molecular weight excluding hydrogens is 416 g/mol. The second kappa shape index (κ2) is 10.8. The molecule has 3 N–H and O–H groups in total. The number of carbonyl (C=O) groups is 3. The average Bonchev–Trinajstić information content (AvgIpc) is 2.84. The van der Waals surface area contributed by atoms with Crippen LogP contribution < -0.4 is 10.6 Å². The minimum absolute atomic E-state index is 0.0488. The largest absolute Gasteiger partial charge is 0.481 e. The van der Waals surface area contributed by atoms with Gasteiger partial charge in [0.1, 0.15) is 0 Å². The number of rotatable bonds is 6. The van der Waals surface area contributed by atoms with Gasteiger partial charge in [-0.15, -0.1) is 0 Å². The third kappa shape index (κ3) is 8.60. The number of carboxylic acids is 1. The molecule has 33 heavy (non-hydrogen) atoms. The summed E-state index contributed by atoms with van der Waals surface area (Å²) in [7, 11) is 0. The molecule has 2 rings (SSSR count). The highest BCUT2D eigenvalue weighted by Crippen LogP contribution is 2.41. The molecule has 2 aliphatic rings. The molecule has 0 aromatic heterocycles. The number of carboxylic acid groups (broad SMARTS) is 1. The van der Waals surface area contributed by atoms with Gasteiger partial charge in [-0.05, 0) is 83.0 Å². The fourth-order valence-electron chi connectivity index (χ4n) is 5.82. The van der Waals surface area contributed by atoms with E-state index in [0.717, 1.165) is 12.8 Å². The third-order valence-electron chi connectivity index (χ3n) is 7.55. The molecule has 0 radical (unpaired) electrons. The summed E-state index contributed by atoms with van der Waals surface area (Å²) in [5.74, 6) is -1.29. The van der Waals surface area contributed by atoms with Gasteiger partial charge in [0.25, 0.3) is 0 Å². The van der Waals surface area contributed by atoms with Crippen LogP contribution in [-0.2, 0) is 14.4 Å². The summed E-state index contributed by atoms with van der Waals surface area (Å²) in [6, 6.07) is 0. The van der Waals surface area contributed by atoms with Crippen LogP contribution in [0.1, 0.15) is 106 Å². The molecule has 2 aliphatic carbocycles. The molecule has 0 bridgehead atoms. The molecule has 0 spiro atoms. The van der Waals surface area contributed by atoms with E-state index in [1.807, 2.05) is 27.7 Å². The molecule has 2 fully saturated rings. The highest BCUT2D eigenvalue weighted by molar-refractivity contribution is 5.86. The first kappa shape index (κ1) is 27.7. The number of carbonyl (C=O) groups excluding carboxylic acids is 2. The van der Waals surface area contributed by atoms with Crippen LogP contribution in [-0.4, -0.2) is 35.0 Å². The third-order valence-corrected chi connectivity index (χ3v) is 7.55. The Morgan fingerprint density at radius 2 is 1.48 bits per heavy atom. The molecule has 6 heteroatoms. The van der Waals surface area contributed by atoms with Crippen LogP contribution in [0.2, 0.25) is 0 Å². The molecule has 190 valence electrons. The fraction of sp³-hybridized carbons (Fsp3) is 0.889. The van der Waals surface area contributed by atoms with Gasteiger partial charge >= 0.3 is 5.97 Å². The predicted octanol–water partition coefficient (Wildman–Crippen LogP) is 5.16. The monoisotopic (exact) mass is 464 g/mol. The Labute approximate surface area is 201 Å². The minimum Gasteiger partial charge on any atom is -0.481 e. The molecule has 0 aliphatic heterocycles. The molecule has 5 atom stereocenters. The summed E-state index contributed by atoms with van der Waals surface area (Å²) in [5.41, 5.74) is -0.684. The normalized spacial score (nSPS) is 31.4. The van der Waals surface area contributed by atoms with Crippen LogP contribution >= 0.6 is 0 Å². The maximum absolute atomic E-state index is 13.2. The van der Waals surface area contributed by atoms with Crippen molar-refractivity contribution in [2.24, 2.45) is 34.5 Å². The van der Waals surface area contributed by atoms with Crippen molar-refractivity contribution in [3.8, 4) is 0 Å². The van der Waals surface area contributed by atoms with Crippen LogP contribution in [0.3, 0.4) is 0 Å². The van der Waals surface area contributed by atoms with Crippen molar-refractivity contribution < 1.29 is 19.5 Å². The Hall–Kier alpha value is -1.59. The van der Waals surface area contributed by atoms with E-state index in [-0.39, 0.29) is 17.4 Å². The lowest BCUT2D eigenvalue weighted by molar-refractivity contribution is -0.147. The zero-order valence-corrected chi connectivity index (χ0v) is 22.1. The van der Waals surface area contributed by atoms with E-state index in [1.54, 1.807) is 0 Å². The van der Waals surface area contributed by atoms with E-state index in [1.165, 1.54) is 19.3 Å². The van der Waals surface area contributed by atoms with Gasteiger partial charge in [0.05, 0.1) is 11.8 Å². The second-order valence-corrected chi connectivity index (χ2v) is 13.3. The fourth-order valence-corrected chi connectivity index (χ4v) is 5.82. The summed E-state index contributed by atoms with van der Waals surface area (Å²) in [6.07, 6.45) is 7.70. The summed E-state index contributed by atoms with van der Waals surface area (Å²) in [6.45, 7) is 15.2. The molecule has 0 aromatic carbocycles. The van der Waals surface area contributed by atoms with Crippen LogP contribution in [0, 0.1) is 34.5 Å². The van der Waals surface area contributed by atoms with Crippen LogP contribution in [0.5, 0.6) is 0 Å². The predicted molar refractivity (Wildman–Crippen MR) is 132 cm³/mol. The van der Waals surface area contributed by atoms with Crippen molar-refractivity contribution in [1.82, 2.24) is 10.6 Å². The van der Waals surface area contributed by atoms with Crippen molar-refractivity contribution >= 4 is 17.8 Å². The first-order valence-corrected chi connectivity index (χ1v) is 12.9. The number of nitrogens with one attached hydrogen (secondary N) is 2. The van der Waals surface area contributed by atoms with Crippen molar-refractivity contribution in [3.05, 3.63) is 0 Å². The second-order valence-electron chi connectivity index (χ2n) is 13.3. The SMILES string of the molecule is CC(C)(C)CC1CCCC(CNC(=O)C2CCC(C)(C(=O)NC(C)(C)C)CCC2C(=O)O)C1. The van der Waals surface area contributed by atoms with Crippen LogP contribution in [0.25, 0.3) is 0 Å².